The lowest BCUT2D eigenvalue weighted by Gasteiger charge is -2.09. The van der Waals surface area contributed by atoms with Gasteiger partial charge < -0.3 is 13.3 Å². The Kier molecular flexibility index (Phi) is 5.51. The molecule has 0 aliphatic heterocycles. The average molecular weight is 402 g/mol. The van der Waals surface area contributed by atoms with Crippen LogP contribution in [0.4, 0.5) is 0 Å². The van der Waals surface area contributed by atoms with Crippen molar-refractivity contribution in [1.29, 1.82) is 0 Å². The first kappa shape index (κ1) is 19.6. The number of benzene rings is 2. The van der Waals surface area contributed by atoms with Gasteiger partial charge in [-0.1, -0.05) is 19.4 Å². The van der Waals surface area contributed by atoms with Crippen molar-refractivity contribution < 1.29 is 26.5 Å². The van der Waals surface area contributed by atoms with Gasteiger partial charge in [-0.2, -0.15) is 8.42 Å². The lowest BCUT2D eigenvalue weighted by Crippen LogP contribution is -2.11. The van der Waals surface area contributed by atoms with Crippen molar-refractivity contribution in [1.82, 2.24) is 0 Å². The lowest BCUT2D eigenvalue weighted by molar-refractivity contribution is 0.0600. The standard InChI is InChI=1S/C20H18O7S/c1-3-5-13-11-19(21)26-18-12-15(8-9-17(13)18)27-28(23,24)16-7-4-6-14(10-16)20(22)25-2/h4,6-12H,3,5H2,1-2H3. The van der Waals surface area contributed by atoms with Gasteiger partial charge in [-0.3, -0.25) is 0 Å². The molecule has 8 heteroatoms. The molecule has 3 aromatic rings. The van der Waals surface area contributed by atoms with Crippen molar-refractivity contribution in [2.45, 2.75) is 24.7 Å². The number of aryl methyl sites for hydroxylation is 1. The van der Waals surface area contributed by atoms with Gasteiger partial charge >= 0.3 is 21.7 Å². The van der Waals surface area contributed by atoms with Gasteiger partial charge in [0.15, 0.2) is 0 Å². The molecule has 0 saturated heterocycles. The fourth-order valence-corrected chi connectivity index (χ4v) is 3.78. The average Bonchev–Trinajstić information content (AvgIpc) is 2.67. The number of hydrogen-bond donors (Lipinski definition) is 0. The molecule has 0 bridgehead atoms. The van der Waals surface area contributed by atoms with Crippen LogP contribution in [0.1, 0.15) is 29.3 Å². The second kappa shape index (κ2) is 7.85. The topological polar surface area (TPSA) is 99.9 Å². The SMILES string of the molecule is CCCc1cc(=O)oc2cc(OS(=O)(=O)c3cccc(C(=O)OC)c3)ccc12. The maximum absolute atomic E-state index is 12.6. The van der Waals surface area contributed by atoms with Gasteiger partial charge in [0.1, 0.15) is 16.2 Å². The van der Waals surface area contributed by atoms with Crippen molar-refractivity contribution >= 4 is 27.1 Å². The molecule has 0 saturated carbocycles. The minimum atomic E-state index is -4.20. The number of rotatable bonds is 6. The first-order valence-electron chi connectivity index (χ1n) is 8.53. The summed E-state index contributed by atoms with van der Waals surface area (Å²) >= 11 is 0. The zero-order valence-electron chi connectivity index (χ0n) is 15.3. The van der Waals surface area contributed by atoms with E-state index in [1.165, 1.54) is 49.6 Å². The van der Waals surface area contributed by atoms with Crippen molar-refractivity contribution in [3.05, 3.63) is 70.1 Å². The summed E-state index contributed by atoms with van der Waals surface area (Å²) in [5.41, 5.74) is 0.642. The highest BCUT2D eigenvalue weighted by molar-refractivity contribution is 7.87. The molecule has 0 N–H and O–H groups in total. The molecule has 1 aromatic heterocycles. The van der Waals surface area contributed by atoms with Crippen LogP contribution < -0.4 is 9.81 Å². The van der Waals surface area contributed by atoms with Gasteiger partial charge in [0, 0.05) is 17.5 Å². The Morgan fingerprint density at radius 3 is 2.61 bits per heavy atom. The molecule has 0 unspecified atom stereocenters. The minimum absolute atomic E-state index is 0.00669. The van der Waals surface area contributed by atoms with Gasteiger partial charge in [-0.05, 0) is 42.3 Å². The quantitative estimate of drug-likeness (QED) is 0.354. The molecule has 2 aromatic carbocycles. The maximum atomic E-state index is 12.6. The summed E-state index contributed by atoms with van der Waals surface area (Å²) in [7, 11) is -3.00. The predicted octanol–water partition coefficient (Wildman–Crippen LogP) is 3.30. The van der Waals surface area contributed by atoms with E-state index in [1.807, 2.05) is 6.92 Å². The molecule has 146 valence electrons. The summed E-state index contributed by atoms with van der Waals surface area (Å²) in [6, 6.07) is 11.3. The Labute approximate surface area is 161 Å². The molecule has 3 rings (SSSR count). The van der Waals surface area contributed by atoms with E-state index in [0.717, 1.165) is 17.4 Å². The van der Waals surface area contributed by atoms with Crippen molar-refractivity contribution in [3.8, 4) is 5.75 Å². The van der Waals surface area contributed by atoms with Crippen LogP contribution >= 0.6 is 0 Å². The Morgan fingerprint density at radius 2 is 1.89 bits per heavy atom. The van der Waals surface area contributed by atoms with Crippen molar-refractivity contribution in [2.75, 3.05) is 7.11 Å². The fourth-order valence-electron chi connectivity index (χ4n) is 2.81. The van der Waals surface area contributed by atoms with E-state index in [-0.39, 0.29) is 21.8 Å². The highest BCUT2D eigenvalue weighted by Crippen LogP contribution is 2.26. The highest BCUT2D eigenvalue weighted by atomic mass is 32.2. The van der Waals surface area contributed by atoms with Crippen LogP contribution in [-0.2, 0) is 21.3 Å². The van der Waals surface area contributed by atoms with E-state index in [2.05, 4.69) is 4.74 Å². The molecule has 0 radical (unpaired) electrons. The number of fused-ring (bicyclic) bond motifs is 1. The third-order valence-corrected chi connectivity index (χ3v) is 5.31. The zero-order chi connectivity index (χ0) is 20.3. The minimum Gasteiger partial charge on any atom is -0.465 e. The first-order chi connectivity index (χ1) is 13.3. The fraction of sp³-hybridized carbons (Fsp3) is 0.200. The van der Waals surface area contributed by atoms with Crippen LogP contribution in [0.5, 0.6) is 5.75 Å². The number of carbonyl (C=O) groups excluding carboxylic acids is 1. The summed E-state index contributed by atoms with van der Waals surface area (Å²) in [6.45, 7) is 1.99. The van der Waals surface area contributed by atoms with Crippen molar-refractivity contribution in [2.24, 2.45) is 0 Å². The molecule has 7 nitrogen and oxygen atoms in total. The van der Waals surface area contributed by atoms with Gasteiger partial charge in [0.05, 0.1) is 12.7 Å². The third-order valence-electron chi connectivity index (χ3n) is 4.07. The van der Waals surface area contributed by atoms with Crippen LogP contribution in [0, 0.1) is 0 Å². The normalized spacial score (nSPS) is 11.4. The first-order valence-corrected chi connectivity index (χ1v) is 9.94. The predicted molar refractivity (Wildman–Crippen MR) is 102 cm³/mol. The Bertz CT molecular complexity index is 1190. The number of hydrogen-bond acceptors (Lipinski definition) is 7. The lowest BCUT2D eigenvalue weighted by atomic mass is 10.1. The summed E-state index contributed by atoms with van der Waals surface area (Å²) in [4.78, 5) is 23.2. The Morgan fingerprint density at radius 1 is 1.11 bits per heavy atom. The van der Waals surface area contributed by atoms with Crippen LogP contribution in [0.15, 0.2) is 62.6 Å². The van der Waals surface area contributed by atoms with E-state index in [4.69, 9.17) is 8.60 Å². The zero-order valence-corrected chi connectivity index (χ0v) is 16.1. The number of carbonyl (C=O) groups is 1. The molecule has 28 heavy (non-hydrogen) atoms. The molecule has 0 spiro atoms. The van der Waals surface area contributed by atoms with Gasteiger partial charge in [-0.15, -0.1) is 0 Å². The van der Waals surface area contributed by atoms with E-state index >= 15 is 0 Å². The smallest absolute Gasteiger partial charge is 0.339 e. The van der Waals surface area contributed by atoms with Crippen molar-refractivity contribution in [3.63, 3.8) is 0 Å². The number of ether oxygens (including phenoxy) is 1. The van der Waals surface area contributed by atoms with E-state index in [1.54, 1.807) is 6.07 Å². The Hall–Kier alpha value is -3.13. The van der Waals surface area contributed by atoms with E-state index < -0.39 is 21.7 Å². The molecule has 0 aliphatic carbocycles. The molecular weight excluding hydrogens is 384 g/mol. The monoisotopic (exact) mass is 402 g/mol. The third kappa shape index (κ3) is 4.07. The second-order valence-electron chi connectivity index (χ2n) is 6.06. The summed E-state index contributed by atoms with van der Waals surface area (Å²) in [5.74, 6) is -0.666. The second-order valence-corrected chi connectivity index (χ2v) is 7.60. The Balaban J connectivity index is 1.97. The van der Waals surface area contributed by atoms with Crippen LogP contribution in [0.25, 0.3) is 11.0 Å². The van der Waals surface area contributed by atoms with Crippen LogP contribution in [0.3, 0.4) is 0 Å². The van der Waals surface area contributed by atoms with Gasteiger partial charge in [-0.25, -0.2) is 9.59 Å². The number of methoxy groups -OCH3 is 1. The number of esters is 1. The van der Waals surface area contributed by atoms with E-state index in [0.29, 0.717) is 6.42 Å². The highest BCUT2D eigenvalue weighted by Gasteiger charge is 2.19. The molecule has 0 atom stereocenters. The van der Waals surface area contributed by atoms with Crippen LogP contribution in [-0.4, -0.2) is 21.5 Å². The maximum Gasteiger partial charge on any atom is 0.339 e. The van der Waals surface area contributed by atoms with Crippen LogP contribution in [0.2, 0.25) is 0 Å². The summed E-state index contributed by atoms with van der Waals surface area (Å²) < 4.78 is 40.1. The molecule has 0 fully saturated rings. The van der Waals surface area contributed by atoms with E-state index in [9.17, 15) is 18.0 Å². The summed E-state index contributed by atoms with van der Waals surface area (Å²) in [6.07, 6.45) is 1.54. The molecule has 0 aliphatic rings. The molecular formula is C20H18O7S. The summed E-state index contributed by atoms with van der Waals surface area (Å²) in [5, 5.41) is 0.721. The molecule has 0 amide bonds. The largest absolute Gasteiger partial charge is 0.465 e. The van der Waals surface area contributed by atoms with Gasteiger partial charge in [0.25, 0.3) is 0 Å². The van der Waals surface area contributed by atoms with Gasteiger partial charge in [0.2, 0.25) is 0 Å². The molecule has 1 heterocycles.